The molecule has 25 heavy (non-hydrogen) atoms. The van der Waals surface area contributed by atoms with Crippen molar-refractivity contribution >= 4 is 23.3 Å². The zero-order valence-electron chi connectivity index (χ0n) is 13.7. The van der Waals surface area contributed by atoms with Gasteiger partial charge in [0.05, 0.1) is 12.7 Å². The Kier molecular flexibility index (Phi) is 3.88. The van der Waals surface area contributed by atoms with Gasteiger partial charge in [0, 0.05) is 32.4 Å². The van der Waals surface area contributed by atoms with Crippen LogP contribution in [-0.2, 0) is 4.74 Å². The van der Waals surface area contributed by atoms with Crippen molar-refractivity contribution in [3.05, 3.63) is 42.4 Å². The molecule has 0 atom stereocenters. The second kappa shape index (κ2) is 6.34. The molecule has 0 saturated carbocycles. The molecule has 3 aromatic rings. The fourth-order valence-electron chi connectivity index (χ4n) is 2.89. The predicted molar refractivity (Wildman–Crippen MR) is 90.8 cm³/mol. The maximum Gasteiger partial charge on any atom is 0.338 e. The van der Waals surface area contributed by atoms with Crippen LogP contribution < -0.4 is 9.80 Å². The molecule has 1 fully saturated rings. The van der Waals surface area contributed by atoms with Crippen molar-refractivity contribution in [3.8, 4) is 0 Å². The number of nitrogens with zero attached hydrogens (tertiary/aromatic N) is 7. The van der Waals surface area contributed by atoms with E-state index >= 15 is 0 Å². The Bertz CT molecular complexity index is 902. The lowest BCUT2D eigenvalue weighted by Gasteiger charge is -2.36. The summed E-state index contributed by atoms with van der Waals surface area (Å²) in [7, 11) is 1.38. The van der Waals surface area contributed by atoms with Crippen molar-refractivity contribution in [2.75, 3.05) is 43.1 Å². The van der Waals surface area contributed by atoms with Crippen LogP contribution in [0.15, 0.2) is 36.8 Å². The summed E-state index contributed by atoms with van der Waals surface area (Å²) in [5.41, 5.74) is 1.24. The number of esters is 1. The molecule has 9 heteroatoms. The zero-order chi connectivity index (χ0) is 17.2. The maximum atomic E-state index is 11.7. The van der Waals surface area contributed by atoms with Gasteiger partial charge >= 0.3 is 5.97 Å². The van der Waals surface area contributed by atoms with Gasteiger partial charge in [0.15, 0.2) is 5.65 Å². The normalized spacial score (nSPS) is 14.8. The molecule has 1 aliphatic heterocycles. The van der Waals surface area contributed by atoms with Crippen molar-refractivity contribution in [2.24, 2.45) is 0 Å². The topological polar surface area (TPSA) is 88.8 Å². The van der Waals surface area contributed by atoms with Crippen molar-refractivity contribution < 1.29 is 9.53 Å². The van der Waals surface area contributed by atoms with Gasteiger partial charge in [-0.2, -0.15) is 4.52 Å². The number of carbonyl (C=O) groups excluding carboxylic acids is 1. The summed E-state index contributed by atoms with van der Waals surface area (Å²) in [5, 5.41) is 12.3. The van der Waals surface area contributed by atoms with Crippen LogP contribution in [0.5, 0.6) is 0 Å². The third kappa shape index (κ3) is 2.95. The molecule has 9 nitrogen and oxygen atoms in total. The first kappa shape index (κ1) is 15.3. The van der Waals surface area contributed by atoms with Crippen molar-refractivity contribution in [2.45, 2.75) is 0 Å². The fraction of sp³-hybridized carbons (Fsp3) is 0.312. The van der Waals surface area contributed by atoms with Crippen LogP contribution in [-0.4, -0.2) is 64.1 Å². The van der Waals surface area contributed by atoms with Gasteiger partial charge in [-0.25, -0.2) is 9.78 Å². The monoisotopic (exact) mass is 339 g/mol. The van der Waals surface area contributed by atoms with Crippen molar-refractivity contribution in [1.29, 1.82) is 0 Å². The first-order chi connectivity index (χ1) is 12.2. The van der Waals surface area contributed by atoms with Gasteiger partial charge in [-0.1, -0.05) is 0 Å². The lowest BCUT2D eigenvalue weighted by atomic mass is 10.2. The number of pyridine rings is 1. The Morgan fingerprint density at radius 2 is 1.84 bits per heavy atom. The Labute approximate surface area is 143 Å². The van der Waals surface area contributed by atoms with E-state index in [1.165, 1.54) is 7.11 Å². The molecule has 128 valence electrons. The molecule has 0 N–H and O–H groups in total. The lowest BCUT2D eigenvalue weighted by molar-refractivity contribution is 0.0600. The smallest absolute Gasteiger partial charge is 0.338 e. The predicted octanol–water partition coefficient (Wildman–Crippen LogP) is 0.632. The number of anilines is 2. The Morgan fingerprint density at radius 1 is 1.08 bits per heavy atom. The van der Waals surface area contributed by atoms with Crippen LogP contribution in [0.3, 0.4) is 0 Å². The molecule has 0 radical (unpaired) electrons. The van der Waals surface area contributed by atoms with E-state index in [-0.39, 0.29) is 5.97 Å². The van der Waals surface area contributed by atoms with Gasteiger partial charge in [0.25, 0.3) is 0 Å². The summed E-state index contributed by atoms with van der Waals surface area (Å²) in [4.78, 5) is 20.4. The number of hydrogen-bond donors (Lipinski definition) is 0. The van der Waals surface area contributed by atoms with Crippen LogP contribution in [0.25, 0.3) is 5.65 Å². The van der Waals surface area contributed by atoms with E-state index in [0.717, 1.165) is 43.5 Å². The quantitative estimate of drug-likeness (QED) is 0.642. The number of hydrogen-bond acceptors (Lipinski definition) is 8. The van der Waals surface area contributed by atoms with Crippen molar-refractivity contribution in [3.63, 3.8) is 0 Å². The molecule has 0 bridgehead atoms. The van der Waals surface area contributed by atoms with E-state index < -0.39 is 0 Å². The maximum absolute atomic E-state index is 11.7. The Hall–Kier alpha value is -3.23. The summed E-state index contributed by atoms with van der Waals surface area (Å²) in [6, 6.07) is 7.28. The molecule has 4 heterocycles. The van der Waals surface area contributed by atoms with Crippen LogP contribution in [0.2, 0.25) is 0 Å². The molecule has 0 spiro atoms. The van der Waals surface area contributed by atoms with Gasteiger partial charge in [-0.15, -0.1) is 15.3 Å². The highest BCUT2D eigenvalue weighted by Crippen LogP contribution is 2.19. The van der Waals surface area contributed by atoms with E-state index in [4.69, 9.17) is 4.74 Å². The molecule has 0 amide bonds. The van der Waals surface area contributed by atoms with E-state index in [9.17, 15) is 4.79 Å². The minimum absolute atomic E-state index is 0.353. The number of fused-ring (bicyclic) bond motifs is 1. The zero-order valence-corrected chi connectivity index (χ0v) is 13.7. The van der Waals surface area contributed by atoms with Gasteiger partial charge < -0.3 is 14.5 Å². The summed E-state index contributed by atoms with van der Waals surface area (Å²) in [6.07, 6.45) is 3.23. The third-order valence-corrected chi connectivity index (χ3v) is 4.24. The summed E-state index contributed by atoms with van der Waals surface area (Å²) in [6.45, 7) is 3.20. The first-order valence-corrected chi connectivity index (χ1v) is 7.96. The van der Waals surface area contributed by atoms with Gasteiger partial charge in [0.1, 0.15) is 18.0 Å². The molecule has 4 rings (SSSR count). The number of rotatable bonds is 3. The van der Waals surface area contributed by atoms with Crippen molar-refractivity contribution in [1.82, 2.24) is 24.8 Å². The Morgan fingerprint density at radius 3 is 2.60 bits per heavy atom. The van der Waals surface area contributed by atoms with E-state index in [1.807, 2.05) is 12.1 Å². The average molecular weight is 339 g/mol. The first-order valence-electron chi connectivity index (χ1n) is 7.96. The van der Waals surface area contributed by atoms with Gasteiger partial charge in [0.2, 0.25) is 0 Å². The van der Waals surface area contributed by atoms with Crippen LogP contribution >= 0.6 is 0 Å². The molecular formula is C16H17N7O2. The van der Waals surface area contributed by atoms with E-state index in [2.05, 4.69) is 30.1 Å². The third-order valence-electron chi connectivity index (χ3n) is 4.24. The number of piperazine rings is 1. The summed E-state index contributed by atoms with van der Waals surface area (Å²) in [5.74, 6) is 1.32. The highest BCUT2D eigenvalue weighted by Gasteiger charge is 2.20. The van der Waals surface area contributed by atoms with E-state index in [0.29, 0.717) is 5.56 Å². The Balaban J connectivity index is 1.47. The number of ether oxygens (including phenoxy) is 1. The largest absolute Gasteiger partial charge is 0.465 e. The van der Waals surface area contributed by atoms with Gasteiger partial charge in [-0.3, -0.25) is 0 Å². The SMILES string of the molecule is COC(=O)c1ccnc(N2CCN(c3ccc4nncn4n3)CC2)c1. The molecule has 1 saturated heterocycles. The number of methoxy groups -OCH3 is 1. The minimum Gasteiger partial charge on any atom is -0.465 e. The molecule has 0 unspecified atom stereocenters. The van der Waals surface area contributed by atoms with E-state index in [1.54, 1.807) is 29.2 Å². The standard InChI is InChI=1S/C16H17N7O2/c1-25-16(24)12-4-5-17-15(10-12)22-8-6-21(7-9-22)14-3-2-13-19-18-11-23(13)20-14/h2-5,10-11H,6-9H2,1H3. The highest BCUT2D eigenvalue weighted by atomic mass is 16.5. The second-order valence-electron chi connectivity index (χ2n) is 5.69. The molecule has 1 aliphatic rings. The van der Waals surface area contributed by atoms with Crippen LogP contribution in [0, 0.1) is 0 Å². The molecular weight excluding hydrogens is 322 g/mol. The number of carbonyl (C=O) groups is 1. The number of aromatic nitrogens is 5. The second-order valence-corrected chi connectivity index (χ2v) is 5.69. The fourth-order valence-corrected chi connectivity index (χ4v) is 2.89. The lowest BCUT2D eigenvalue weighted by Crippen LogP contribution is -2.47. The van der Waals surface area contributed by atoms with Crippen LogP contribution in [0.4, 0.5) is 11.6 Å². The minimum atomic E-state index is -0.353. The molecule has 0 aliphatic carbocycles. The molecule has 0 aromatic carbocycles. The molecule has 3 aromatic heterocycles. The van der Waals surface area contributed by atoms with Crippen LogP contribution in [0.1, 0.15) is 10.4 Å². The highest BCUT2D eigenvalue weighted by molar-refractivity contribution is 5.90. The summed E-state index contributed by atoms with van der Waals surface area (Å²) >= 11 is 0. The average Bonchev–Trinajstić information content (AvgIpc) is 3.15. The van der Waals surface area contributed by atoms with Gasteiger partial charge in [-0.05, 0) is 24.3 Å². The summed E-state index contributed by atoms with van der Waals surface area (Å²) < 4.78 is 6.44.